The molecule has 3 aromatic carbocycles. The van der Waals surface area contributed by atoms with E-state index < -0.39 is 0 Å². The van der Waals surface area contributed by atoms with Crippen molar-refractivity contribution in [1.29, 1.82) is 0 Å². The highest BCUT2D eigenvalue weighted by atomic mass is 15.1. The Morgan fingerprint density at radius 1 is 0.950 bits per heavy atom. The molecule has 0 aliphatic rings. The second-order valence-corrected chi connectivity index (χ2v) is 9.61. The third-order valence-electron chi connectivity index (χ3n) is 7.04. The van der Waals surface area contributed by atoms with E-state index in [1.165, 1.54) is 5.56 Å². The van der Waals surface area contributed by atoms with Crippen molar-refractivity contribution < 1.29 is 0 Å². The average Bonchev–Trinajstić information content (AvgIpc) is 3.63. The molecule has 3 aromatic heterocycles. The fraction of sp³-hybridized carbons (Fsp3) is 0.0882. The summed E-state index contributed by atoms with van der Waals surface area (Å²) in [6.07, 6.45) is 9.83. The zero-order valence-electron chi connectivity index (χ0n) is 22.4. The monoisotopic (exact) mass is 522 g/mol. The van der Waals surface area contributed by atoms with Crippen LogP contribution in [0.15, 0.2) is 122 Å². The number of para-hydroxylation sites is 1. The highest BCUT2D eigenvalue weighted by Crippen LogP contribution is 2.32. The zero-order chi connectivity index (χ0) is 27.3. The van der Waals surface area contributed by atoms with Crippen molar-refractivity contribution in [3.8, 4) is 22.6 Å². The Hall–Kier alpha value is -5.07. The van der Waals surface area contributed by atoms with Crippen LogP contribution in [0.2, 0.25) is 0 Å². The Labute approximate surface area is 233 Å². The van der Waals surface area contributed by atoms with Crippen LogP contribution in [0.5, 0.6) is 0 Å². The predicted octanol–water partition coefficient (Wildman–Crippen LogP) is 7.47. The summed E-state index contributed by atoms with van der Waals surface area (Å²) < 4.78 is 0. The third-order valence-corrected chi connectivity index (χ3v) is 7.04. The molecule has 0 saturated carbocycles. The van der Waals surface area contributed by atoms with E-state index in [4.69, 9.17) is 4.98 Å². The number of hydrogen-bond donors (Lipinski definition) is 3. The zero-order valence-corrected chi connectivity index (χ0v) is 22.4. The Kier molecular flexibility index (Phi) is 7.16. The third kappa shape index (κ3) is 5.13. The van der Waals surface area contributed by atoms with Gasteiger partial charge in [-0.1, -0.05) is 73.3 Å². The van der Waals surface area contributed by atoms with Gasteiger partial charge < -0.3 is 10.3 Å². The minimum atomic E-state index is 0.730. The topological polar surface area (TPSA) is 82.3 Å². The molecule has 0 aliphatic carbocycles. The Balaban J connectivity index is 1.31. The van der Waals surface area contributed by atoms with E-state index in [0.717, 1.165) is 74.4 Å². The number of aromatic nitrogens is 5. The fourth-order valence-corrected chi connectivity index (χ4v) is 4.95. The van der Waals surface area contributed by atoms with E-state index in [0.29, 0.717) is 0 Å². The standard InChI is InChI=1S/C34H30N6/c1-3-23(21-36-22-24-9-6-5-7-10-24)19-25(4-2)27-13-14-30-29(20-27)33(40-39-30)34-37-31-12-8-11-28(32(31)38-34)26-15-17-35-18-16-26/h3-20,36H,1,21-22H2,2H3,(H,37,38)(H,39,40)/b23-19+,25-4+. The van der Waals surface area contributed by atoms with Gasteiger partial charge in [0.1, 0.15) is 5.69 Å². The van der Waals surface area contributed by atoms with Crippen molar-refractivity contribution in [2.24, 2.45) is 0 Å². The number of aromatic amines is 2. The lowest BCUT2D eigenvalue weighted by Gasteiger charge is -2.09. The maximum Gasteiger partial charge on any atom is 0.159 e. The number of nitrogens with one attached hydrogen (secondary N) is 3. The van der Waals surface area contributed by atoms with Gasteiger partial charge in [-0.15, -0.1) is 0 Å². The van der Waals surface area contributed by atoms with Gasteiger partial charge in [-0.25, -0.2) is 4.98 Å². The maximum absolute atomic E-state index is 4.99. The van der Waals surface area contributed by atoms with Crippen LogP contribution in [0.3, 0.4) is 0 Å². The SMILES string of the molecule is C=C/C(=C\C(=C/C)c1ccc2[nH]nc(-c3nc4c(-c5ccncc5)cccc4[nH]3)c2c1)CNCc1ccccc1. The maximum atomic E-state index is 4.99. The van der Waals surface area contributed by atoms with Crippen molar-refractivity contribution in [3.63, 3.8) is 0 Å². The lowest BCUT2D eigenvalue weighted by molar-refractivity contribution is 0.747. The smallest absolute Gasteiger partial charge is 0.159 e. The Bertz CT molecular complexity index is 1840. The number of allylic oxidation sites excluding steroid dienone is 3. The minimum absolute atomic E-state index is 0.730. The molecule has 3 heterocycles. The molecule has 6 aromatic rings. The molecule has 0 aliphatic heterocycles. The molecule has 0 bridgehead atoms. The molecule has 0 radical (unpaired) electrons. The van der Waals surface area contributed by atoms with Crippen LogP contribution in [0.25, 0.3) is 50.2 Å². The predicted molar refractivity (Wildman–Crippen MR) is 164 cm³/mol. The van der Waals surface area contributed by atoms with Crippen LogP contribution in [0.4, 0.5) is 0 Å². The summed E-state index contributed by atoms with van der Waals surface area (Å²) in [6.45, 7) is 7.64. The quantitative estimate of drug-likeness (QED) is 0.172. The van der Waals surface area contributed by atoms with Crippen LogP contribution in [0, 0.1) is 0 Å². The first-order valence-electron chi connectivity index (χ1n) is 13.4. The molecule has 0 saturated heterocycles. The van der Waals surface area contributed by atoms with Crippen molar-refractivity contribution in [2.45, 2.75) is 13.5 Å². The Morgan fingerprint density at radius 2 is 1.80 bits per heavy atom. The molecule has 6 heteroatoms. The molecule has 0 atom stereocenters. The second-order valence-electron chi connectivity index (χ2n) is 9.61. The summed E-state index contributed by atoms with van der Waals surface area (Å²) in [6, 6.07) is 26.9. The first kappa shape index (κ1) is 25.2. The van der Waals surface area contributed by atoms with Gasteiger partial charge in [0, 0.05) is 36.4 Å². The minimum Gasteiger partial charge on any atom is -0.337 e. The normalized spacial score (nSPS) is 12.3. The molecule has 6 rings (SSSR count). The molecular weight excluding hydrogens is 492 g/mol. The lowest BCUT2D eigenvalue weighted by atomic mass is 10.00. The van der Waals surface area contributed by atoms with Crippen LogP contribution in [-0.2, 0) is 6.54 Å². The van der Waals surface area contributed by atoms with Gasteiger partial charge in [0.05, 0.1) is 16.6 Å². The first-order chi connectivity index (χ1) is 19.7. The lowest BCUT2D eigenvalue weighted by Crippen LogP contribution is -2.15. The number of fused-ring (bicyclic) bond motifs is 2. The van der Waals surface area contributed by atoms with Crippen molar-refractivity contribution in [1.82, 2.24) is 30.5 Å². The number of hydrogen-bond acceptors (Lipinski definition) is 4. The summed E-state index contributed by atoms with van der Waals surface area (Å²) in [5, 5.41) is 12.4. The summed E-state index contributed by atoms with van der Waals surface area (Å²) >= 11 is 0. The number of rotatable bonds is 9. The number of pyridine rings is 1. The van der Waals surface area contributed by atoms with Gasteiger partial charge in [-0.3, -0.25) is 10.1 Å². The van der Waals surface area contributed by atoms with Crippen LogP contribution in [0.1, 0.15) is 18.1 Å². The van der Waals surface area contributed by atoms with E-state index in [2.05, 4.69) is 99.7 Å². The molecule has 196 valence electrons. The van der Waals surface area contributed by atoms with Gasteiger partial charge in [0.25, 0.3) is 0 Å². The first-order valence-corrected chi connectivity index (χ1v) is 13.4. The van der Waals surface area contributed by atoms with Gasteiger partial charge in [-0.2, -0.15) is 5.10 Å². The summed E-state index contributed by atoms with van der Waals surface area (Å²) in [4.78, 5) is 12.6. The molecule has 6 nitrogen and oxygen atoms in total. The molecule has 0 fully saturated rings. The second kappa shape index (κ2) is 11.4. The number of imidazole rings is 1. The van der Waals surface area contributed by atoms with Crippen molar-refractivity contribution >= 4 is 27.5 Å². The van der Waals surface area contributed by atoms with E-state index >= 15 is 0 Å². The average molecular weight is 523 g/mol. The molecule has 3 N–H and O–H groups in total. The number of H-pyrrole nitrogens is 2. The van der Waals surface area contributed by atoms with Crippen molar-refractivity contribution in [2.75, 3.05) is 6.54 Å². The van der Waals surface area contributed by atoms with Crippen LogP contribution >= 0.6 is 0 Å². The fourth-order valence-electron chi connectivity index (χ4n) is 4.95. The van der Waals surface area contributed by atoms with E-state index in [1.54, 1.807) is 12.4 Å². The highest BCUT2D eigenvalue weighted by molar-refractivity contribution is 5.98. The van der Waals surface area contributed by atoms with E-state index in [-0.39, 0.29) is 0 Å². The van der Waals surface area contributed by atoms with E-state index in [1.807, 2.05) is 36.4 Å². The molecule has 0 unspecified atom stereocenters. The van der Waals surface area contributed by atoms with Crippen LogP contribution in [-0.4, -0.2) is 31.7 Å². The molecule has 0 amide bonds. The van der Waals surface area contributed by atoms with Crippen LogP contribution < -0.4 is 5.32 Å². The van der Waals surface area contributed by atoms with Crippen molar-refractivity contribution in [3.05, 3.63) is 133 Å². The van der Waals surface area contributed by atoms with Gasteiger partial charge in [0.2, 0.25) is 0 Å². The summed E-state index contributed by atoms with van der Waals surface area (Å²) in [7, 11) is 0. The van der Waals surface area contributed by atoms with Gasteiger partial charge >= 0.3 is 0 Å². The Morgan fingerprint density at radius 3 is 2.60 bits per heavy atom. The van der Waals surface area contributed by atoms with Gasteiger partial charge in [0.15, 0.2) is 5.82 Å². The summed E-state index contributed by atoms with van der Waals surface area (Å²) in [5.41, 5.74) is 10.4. The largest absolute Gasteiger partial charge is 0.337 e. The molecule has 0 spiro atoms. The van der Waals surface area contributed by atoms with Gasteiger partial charge in [-0.05, 0) is 65.1 Å². The highest BCUT2D eigenvalue weighted by Gasteiger charge is 2.16. The summed E-state index contributed by atoms with van der Waals surface area (Å²) in [5.74, 6) is 0.731. The molecule has 40 heavy (non-hydrogen) atoms. The number of nitrogens with zero attached hydrogens (tertiary/aromatic N) is 3. The number of benzene rings is 3. The molecular formula is C34H30N6. The van der Waals surface area contributed by atoms with E-state index in [9.17, 15) is 0 Å².